The van der Waals surface area contributed by atoms with Crippen LogP contribution in [-0.4, -0.2) is 20.5 Å². The average Bonchev–Trinajstić information content (AvgIpc) is 3.06. The van der Waals surface area contributed by atoms with E-state index >= 15 is 0 Å². The Kier molecular flexibility index (Phi) is 4.22. The van der Waals surface area contributed by atoms with E-state index in [0.29, 0.717) is 4.88 Å². The maximum absolute atomic E-state index is 11.5. The summed E-state index contributed by atoms with van der Waals surface area (Å²) in [4.78, 5) is 17.3. The molecule has 0 atom stereocenters. The lowest BCUT2D eigenvalue weighted by Crippen LogP contribution is -2.01. The third kappa shape index (κ3) is 2.88. The summed E-state index contributed by atoms with van der Waals surface area (Å²) in [5.41, 5.74) is 5.32. The van der Waals surface area contributed by atoms with Crippen LogP contribution in [0.4, 0.5) is 0 Å². The Morgan fingerprint density at radius 1 is 1.30 bits per heavy atom. The molecule has 1 N–H and O–H groups in total. The van der Waals surface area contributed by atoms with Gasteiger partial charge in [-0.3, -0.25) is 4.40 Å². The van der Waals surface area contributed by atoms with E-state index in [9.17, 15) is 9.90 Å². The number of hydrogen-bond acceptors (Lipinski definition) is 3. The molecule has 3 rings (SSSR count). The van der Waals surface area contributed by atoms with Crippen LogP contribution >= 0.6 is 11.3 Å². The number of hydrogen-bond donors (Lipinski definition) is 1. The molecule has 120 valence electrons. The van der Waals surface area contributed by atoms with Crippen molar-refractivity contribution in [3.05, 3.63) is 46.1 Å². The van der Waals surface area contributed by atoms with Crippen molar-refractivity contribution in [2.45, 2.75) is 40.0 Å². The Morgan fingerprint density at radius 2 is 2.09 bits per heavy atom. The van der Waals surface area contributed by atoms with Crippen molar-refractivity contribution in [1.82, 2.24) is 9.38 Å². The molecule has 4 nitrogen and oxygen atoms in total. The molecule has 2 aromatic heterocycles. The standard InChI is InChI=1S/C18H20N2O2S/c1-4-5-6-15-16(17(21)22)23-18-19-14(10-20(15)18)13-8-7-11(2)12(3)9-13/h7-10H,4-6H2,1-3H3,(H,21,22). The third-order valence-electron chi connectivity index (χ3n) is 4.18. The van der Waals surface area contributed by atoms with Gasteiger partial charge in [-0.2, -0.15) is 0 Å². The van der Waals surface area contributed by atoms with Gasteiger partial charge in [-0.25, -0.2) is 9.78 Å². The molecule has 0 aliphatic heterocycles. The van der Waals surface area contributed by atoms with Crippen LogP contribution in [0.1, 0.15) is 46.3 Å². The van der Waals surface area contributed by atoms with Crippen molar-refractivity contribution in [1.29, 1.82) is 0 Å². The predicted octanol–water partition coefficient (Wildman–Crippen LogP) is 4.72. The highest BCUT2D eigenvalue weighted by atomic mass is 32.1. The first-order chi connectivity index (χ1) is 11.0. The highest BCUT2D eigenvalue weighted by molar-refractivity contribution is 7.19. The molecule has 2 heterocycles. The molecule has 0 saturated carbocycles. The van der Waals surface area contributed by atoms with Crippen LogP contribution in [0.25, 0.3) is 16.2 Å². The van der Waals surface area contributed by atoms with Gasteiger partial charge in [-0.15, -0.1) is 0 Å². The van der Waals surface area contributed by atoms with Gasteiger partial charge >= 0.3 is 5.97 Å². The van der Waals surface area contributed by atoms with Crippen molar-refractivity contribution in [2.75, 3.05) is 0 Å². The quantitative estimate of drug-likeness (QED) is 0.737. The van der Waals surface area contributed by atoms with Gasteiger partial charge in [0.05, 0.1) is 5.69 Å². The van der Waals surface area contributed by atoms with Crippen molar-refractivity contribution in [3.8, 4) is 11.3 Å². The highest BCUT2D eigenvalue weighted by Crippen LogP contribution is 2.29. The average molecular weight is 328 g/mol. The molecule has 3 aromatic rings. The Bertz CT molecular complexity index is 877. The number of imidazole rings is 1. The molecule has 0 bridgehead atoms. The molecular formula is C18H20N2O2S. The lowest BCUT2D eigenvalue weighted by molar-refractivity contribution is 0.0700. The maximum Gasteiger partial charge on any atom is 0.347 e. The molecule has 0 saturated heterocycles. The maximum atomic E-state index is 11.5. The van der Waals surface area contributed by atoms with E-state index in [1.54, 1.807) is 0 Å². The number of aromatic carboxylic acids is 1. The number of aromatic nitrogens is 2. The zero-order chi connectivity index (χ0) is 16.6. The van der Waals surface area contributed by atoms with Gasteiger partial charge < -0.3 is 5.11 Å². The van der Waals surface area contributed by atoms with Gasteiger partial charge in [0.1, 0.15) is 4.88 Å². The minimum atomic E-state index is -0.862. The summed E-state index contributed by atoms with van der Waals surface area (Å²) in [6.45, 7) is 6.29. The number of carbonyl (C=O) groups is 1. The number of thiazole rings is 1. The molecule has 0 aliphatic rings. The molecule has 0 radical (unpaired) electrons. The van der Waals surface area contributed by atoms with Gasteiger partial charge in [0.2, 0.25) is 0 Å². The number of nitrogens with zero attached hydrogens (tertiary/aromatic N) is 2. The second kappa shape index (κ2) is 6.16. The summed E-state index contributed by atoms with van der Waals surface area (Å²) in [5.74, 6) is -0.862. The zero-order valence-corrected chi connectivity index (χ0v) is 14.4. The van der Waals surface area contributed by atoms with Crippen LogP contribution in [0.15, 0.2) is 24.4 Å². The molecule has 0 unspecified atom stereocenters. The number of carboxylic acid groups (broad SMARTS) is 1. The van der Waals surface area contributed by atoms with Crippen LogP contribution in [0.2, 0.25) is 0 Å². The Labute approximate surface area is 139 Å². The number of fused-ring (bicyclic) bond motifs is 1. The van der Waals surface area contributed by atoms with Crippen LogP contribution in [0, 0.1) is 13.8 Å². The first-order valence-corrected chi connectivity index (χ1v) is 8.64. The van der Waals surface area contributed by atoms with E-state index in [1.165, 1.54) is 22.5 Å². The summed E-state index contributed by atoms with van der Waals surface area (Å²) in [5, 5.41) is 9.41. The zero-order valence-electron chi connectivity index (χ0n) is 13.6. The molecule has 23 heavy (non-hydrogen) atoms. The van der Waals surface area contributed by atoms with Crippen molar-refractivity contribution in [2.24, 2.45) is 0 Å². The molecule has 1 aromatic carbocycles. The Hall–Kier alpha value is -2.14. The van der Waals surface area contributed by atoms with Gasteiger partial charge in [0.15, 0.2) is 4.96 Å². The van der Waals surface area contributed by atoms with Crippen molar-refractivity contribution in [3.63, 3.8) is 0 Å². The molecule has 0 fully saturated rings. The smallest absolute Gasteiger partial charge is 0.347 e. The number of aryl methyl sites for hydroxylation is 3. The van der Waals surface area contributed by atoms with Gasteiger partial charge in [0.25, 0.3) is 0 Å². The topological polar surface area (TPSA) is 54.6 Å². The summed E-state index contributed by atoms with van der Waals surface area (Å²) >= 11 is 1.26. The summed E-state index contributed by atoms with van der Waals surface area (Å²) in [7, 11) is 0. The monoisotopic (exact) mass is 328 g/mol. The van der Waals surface area contributed by atoms with Crippen LogP contribution in [-0.2, 0) is 6.42 Å². The van der Waals surface area contributed by atoms with Crippen LogP contribution in [0.3, 0.4) is 0 Å². The van der Waals surface area contributed by atoms with E-state index in [1.807, 2.05) is 10.6 Å². The van der Waals surface area contributed by atoms with E-state index in [-0.39, 0.29) is 0 Å². The minimum Gasteiger partial charge on any atom is -0.477 e. The highest BCUT2D eigenvalue weighted by Gasteiger charge is 2.19. The van der Waals surface area contributed by atoms with E-state index in [4.69, 9.17) is 0 Å². The SMILES string of the molecule is CCCCc1c(C(=O)O)sc2nc(-c3ccc(C)c(C)c3)cn12. The minimum absolute atomic E-state index is 0.410. The first kappa shape index (κ1) is 15.7. The third-order valence-corrected chi connectivity index (χ3v) is 5.27. The normalized spacial score (nSPS) is 11.3. The fraction of sp³-hybridized carbons (Fsp3) is 0.333. The van der Waals surface area contributed by atoms with Gasteiger partial charge in [0, 0.05) is 17.5 Å². The number of unbranched alkanes of at least 4 members (excludes halogenated alkanes) is 1. The number of rotatable bonds is 5. The molecule has 5 heteroatoms. The van der Waals surface area contributed by atoms with Crippen LogP contribution < -0.4 is 0 Å². The summed E-state index contributed by atoms with van der Waals surface area (Å²) in [6, 6.07) is 6.29. The fourth-order valence-corrected chi connectivity index (χ4v) is 3.67. The predicted molar refractivity (Wildman–Crippen MR) is 93.6 cm³/mol. The Balaban J connectivity index is 2.09. The van der Waals surface area contributed by atoms with E-state index in [0.717, 1.165) is 41.2 Å². The second-order valence-electron chi connectivity index (χ2n) is 5.86. The van der Waals surface area contributed by atoms with Crippen molar-refractivity contribution < 1.29 is 9.90 Å². The van der Waals surface area contributed by atoms with Crippen molar-refractivity contribution >= 4 is 22.3 Å². The second-order valence-corrected chi connectivity index (χ2v) is 6.84. The van der Waals surface area contributed by atoms with E-state index < -0.39 is 5.97 Å². The van der Waals surface area contributed by atoms with Crippen LogP contribution in [0.5, 0.6) is 0 Å². The van der Waals surface area contributed by atoms with Gasteiger partial charge in [-0.1, -0.05) is 36.8 Å². The number of benzene rings is 1. The Morgan fingerprint density at radius 3 is 2.74 bits per heavy atom. The van der Waals surface area contributed by atoms with Gasteiger partial charge in [-0.05, 0) is 43.9 Å². The number of carboxylic acids is 1. The lowest BCUT2D eigenvalue weighted by Gasteiger charge is -2.03. The summed E-state index contributed by atoms with van der Waals surface area (Å²) < 4.78 is 1.95. The molecule has 0 spiro atoms. The summed E-state index contributed by atoms with van der Waals surface area (Å²) in [6.07, 6.45) is 4.74. The molecule has 0 aliphatic carbocycles. The largest absolute Gasteiger partial charge is 0.477 e. The van der Waals surface area contributed by atoms with E-state index in [2.05, 4.69) is 44.0 Å². The molecular weight excluding hydrogens is 308 g/mol. The fourth-order valence-electron chi connectivity index (χ4n) is 2.67. The molecule has 0 amide bonds. The lowest BCUT2D eigenvalue weighted by atomic mass is 10.0. The first-order valence-electron chi connectivity index (χ1n) is 7.83.